The lowest BCUT2D eigenvalue weighted by atomic mass is 10.1. The molecular weight excluding hydrogens is 354 g/mol. The normalized spacial score (nSPS) is 14.4. The van der Waals surface area contributed by atoms with Gasteiger partial charge in [-0.15, -0.1) is 0 Å². The summed E-state index contributed by atoms with van der Waals surface area (Å²) in [7, 11) is 0. The van der Waals surface area contributed by atoms with Gasteiger partial charge in [0.05, 0.1) is 17.4 Å². The molecule has 0 saturated heterocycles. The Morgan fingerprint density at radius 3 is 2.85 bits per heavy atom. The summed E-state index contributed by atoms with van der Waals surface area (Å²) in [5.74, 6) is 2.11. The van der Waals surface area contributed by atoms with Gasteiger partial charge in [0.2, 0.25) is 0 Å². The van der Waals surface area contributed by atoms with Crippen LogP contribution in [0.15, 0.2) is 41.2 Å². The summed E-state index contributed by atoms with van der Waals surface area (Å²) < 4.78 is 11.2. The third-order valence-corrected chi connectivity index (χ3v) is 4.59. The lowest BCUT2D eigenvalue weighted by Crippen LogP contribution is -2.22. The van der Waals surface area contributed by atoms with Crippen molar-refractivity contribution < 1.29 is 9.47 Å². The molecule has 0 fully saturated rings. The standard InChI is InChI=1S/C19H18ClN3O3/c1-11(12-2-5-16-17(8-12)26-7-6-25-16)21-10-18-22-15-4-3-13(20)9-14(15)19(24)23-18/h2-5,8-9,11,21H,6-7,10H2,1H3,(H,22,23,24). The number of rotatable bonds is 4. The Kier molecular flexibility index (Phi) is 4.53. The second kappa shape index (κ2) is 6.97. The molecule has 1 aliphatic heterocycles. The molecular formula is C19H18ClN3O3. The number of H-pyrrole nitrogens is 1. The van der Waals surface area contributed by atoms with Crippen molar-refractivity contribution in [2.45, 2.75) is 19.5 Å². The van der Waals surface area contributed by atoms with Crippen LogP contribution in [0.4, 0.5) is 0 Å². The second-order valence-corrected chi connectivity index (χ2v) is 6.62. The molecule has 2 N–H and O–H groups in total. The Morgan fingerprint density at radius 2 is 2.00 bits per heavy atom. The first-order valence-corrected chi connectivity index (χ1v) is 8.79. The van der Waals surface area contributed by atoms with Gasteiger partial charge in [0, 0.05) is 11.1 Å². The van der Waals surface area contributed by atoms with E-state index < -0.39 is 0 Å². The molecule has 1 unspecified atom stereocenters. The van der Waals surface area contributed by atoms with Crippen LogP contribution in [0.1, 0.15) is 24.4 Å². The van der Waals surface area contributed by atoms with E-state index in [0.29, 0.717) is 41.5 Å². The van der Waals surface area contributed by atoms with Gasteiger partial charge in [0.15, 0.2) is 11.5 Å². The van der Waals surface area contributed by atoms with Crippen molar-refractivity contribution in [2.75, 3.05) is 13.2 Å². The fourth-order valence-electron chi connectivity index (χ4n) is 2.94. The van der Waals surface area contributed by atoms with E-state index in [1.165, 1.54) is 0 Å². The van der Waals surface area contributed by atoms with E-state index in [2.05, 4.69) is 15.3 Å². The third kappa shape index (κ3) is 3.38. The molecule has 1 aromatic heterocycles. The third-order valence-electron chi connectivity index (χ3n) is 4.36. The van der Waals surface area contributed by atoms with Crippen molar-refractivity contribution in [1.29, 1.82) is 0 Å². The molecule has 1 aliphatic rings. The largest absolute Gasteiger partial charge is 0.486 e. The molecule has 134 valence electrons. The predicted octanol–water partition coefficient (Wildman–Crippen LogP) is 3.20. The van der Waals surface area contributed by atoms with Crippen LogP contribution >= 0.6 is 11.6 Å². The van der Waals surface area contributed by atoms with Crippen LogP contribution in [0.5, 0.6) is 11.5 Å². The first-order chi connectivity index (χ1) is 12.6. The Bertz CT molecular complexity index is 1020. The molecule has 0 radical (unpaired) electrons. The first-order valence-electron chi connectivity index (χ1n) is 8.41. The molecule has 0 bridgehead atoms. The molecule has 2 heterocycles. The SMILES string of the molecule is CC(NCc1nc2ccc(Cl)cc2c(=O)[nH]1)c1ccc2c(c1)OCCO2. The van der Waals surface area contributed by atoms with E-state index in [4.69, 9.17) is 21.1 Å². The van der Waals surface area contributed by atoms with Crippen LogP contribution in [-0.4, -0.2) is 23.2 Å². The zero-order chi connectivity index (χ0) is 18.1. The van der Waals surface area contributed by atoms with Crippen molar-refractivity contribution in [3.8, 4) is 11.5 Å². The van der Waals surface area contributed by atoms with E-state index in [1.807, 2.05) is 25.1 Å². The lowest BCUT2D eigenvalue weighted by Gasteiger charge is -2.21. The molecule has 0 spiro atoms. The highest BCUT2D eigenvalue weighted by Crippen LogP contribution is 2.32. The van der Waals surface area contributed by atoms with Gasteiger partial charge in [0.25, 0.3) is 5.56 Å². The van der Waals surface area contributed by atoms with Gasteiger partial charge < -0.3 is 19.8 Å². The number of nitrogens with one attached hydrogen (secondary N) is 2. The van der Waals surface area contributed by atoms with Crippen molar-refractivity contribution in [1.82, 2.24) is 15.3 Å². The maximum absolute atomic E-state index is 12.2. The number of ether oxygens (including phenoxy) is 2. The molecule has 7 heteroatoms. The molecule has 26 heavy (non-hydrogen) atoms. The van der Waals surface area contributed by atoms with E-state index >= 15 is 0 Å². The summed E-state index contributed by atoms with van der Waals surface area (Å²) in [6.45, 7) is 3.62. The number of hydrogen-bond acceptors (Lipinski definition) is 5. The summed E-state index contributed by atoms with van der Waals surface area (Å²) in [6, 6.07) is 11.1. The van der Waals surface area contributed by atoms with Crippen LogP contribution in [0.3, 0.4) is 0 Å². The minimum Gasteiger partial charge on any atom is -0.486 e. The van der Waals surface area contributed by atoms with Crippen molar-refractivity contribution in [3.05, 3.63) is 63.2 Å². The topological polar surface area (TPSA) is 76.2 Å². The maximum Gasteiger partial charge on any atom is 0.258 e. The molecule has 1 atom stereocenters. The highest BCUT2D eigenvalue weighted by atomic mass is 35.5. The van der Waals surface area contributed by atoms with E-state index in [-0.39, 0.29) is 11.6 Å². The molecule has 6 nitrogen and oxygen atoms in total. The number of aromatic amines is 1. The fraction of sp³-hybridized carbons (Fsp3) is 0.263. The quantitative estimate of drug-likeness (QED) is 0.736. The van der Waals surface area contributed by atoms with Crippen LogP contribution in [-0.2, 0) is 6.54 Å². The summed E-state index contributed by atoms with van der Waals surface area (Å²) in [6.07, 6.45) is 0. The van der Waals surface area contributed by atoms with Crippen LogP contribution in [0.25, 0.3) is 10.9 Å². The van der Waals surface area contributed by atoms with Crippen LogP contribution in [0, 0.1) is 0 Å². The molecule has 0 aliphatic carbocycles. The van der Waals surface area contributed by atoms with Gasteiger partial charge in [-0.25, -0.2) is 4.98 Å². The summed E-state index contributed by atoms with van der Waals surface area (Å²) in [5, 5.41) is 4.37. The number of halogens is 1. The summed E-state index contributed by atoms with van der Waals surface area (Å²) in [4.78, 5) is 19.5. The van der Waals surface area contributed by atoms with E-state index in [0.717, 1.165) is 17.1 Å². The highest BCUT2D eigenvalue weighted by Gasteiger charge is 2.14. The zero-order valence-electron chi connectivity index (χ0n) is 14.2. The number of hydrogen-bond donors (Lipinski definition) is 2. The van der Waals surface area contributed by atoms with E-state index in [1.54, 1.807) is 18.2 Å². The minimum absolute atomic E-state index is 0.0528. The first kappa shape index (κ1) is 16.9. The Balaban J connectivity index is 1.51. The number of aromatic nitrogens is 2. The van der Waals surface area contributed by atoms with Crippen molar-refractivity contribution in [3.63, 3.8) is 0 Å². The number of fused-ring (bicyclic) bond motifs is 2. The molecule has 2 aromatic carbocycles. The van der Waals surface area contributed by atoms with Crippen molar-refractivity contribution in [2.24, 2.45) is 0 Å². The molecule has 0 amide bonds. The lowest BCUT2D eigenvalue weighted by molar-refractivity contribution is 0.171. The van der Waals surface area contributed by atoms with Gasteiger partial charge in [-0.2, -0.15) is 0 Å². The van der Waals surface area contributed by atoms with Gasteiger partial charge in [-0.05, 0) is 42.8 Å². The predicted molar refractivity (Wildman–Crippen MR) is 100 cm³/mol. The fourth-order valence-corrected chi connectivity index (χ4v) is 3.11. The molecule has 3 aromatic rings. The average molecular weight is 372 g/mol. The van der Waals surface area contributed by atoms with Gasteiger partial charge in [-0.1, -0.05) is 17.7 Å². The van der Waals surface area contributed by atoms with E-state index in [9.17, 15) is 4.79 Å². The number of benzene rings is 2. The van der Waals surface area contributed by atoms with Gasteiger partial charge in [-0.3, -0.25) is 4.79 Å². The average Bonchev–Trinajstić information content (AvgIpc) is 2.66. The molecule has 4 rings (SSSR count). The van der Waals surface area contributed by atoms with Crippen molar-refractivity contribution >= 4 is 22.5 Å². The summed E-state index contributed by atoms with van der Waals surface area (Å²) in [5.41, 5.74) is 1.51. The van der Waals surface area contributed by atoms with Gasteiger partial charge >= 0.3 is 0 Å². The summed E-state index contributed by atoms with van der Waals surface area (Å²) >= 11 is 5.94. The molecule has 0 saturated carbocycles. The highest BCUT2D eigenvalue weighted by molar-refractivity contribution is 6.31. The smallest absolute Gasteiger partial charge is 0.258 e. The second-order valence-electron chi connectivity index (χ2n) is 6.18. The van der Waals surface area contributed by atoms with Gasteiger partial charge in [0.1, 0.15) is 19.0 Å². The van der Waals surface area contributed by atoms with Crippen LogP contribution < -0.4 is 20.3 Å². The number of nitrogens with zero attached hydrogens (tertiary/aromatic N) is 1. The minimum atomic E-state index is -0.193. The maximum atomic E-state index is 12.2. The Labute approximate surface area is 155 Å². The van der Waals surface area contributed by atoms with Crippen LogP contribution in [0.2, 0.25) is 5.02 Å². The Hall–Kier alpha value is -2.57. The Morgan fingerprint density at radius 1 is 1.19 bits per heavy atom. The monoisotopic (exact) mass is 371 g/mol. The zero-order valence-corrected chi connectivity index (χ0v) is 15.0.